The first-order chi connectivity index (χ1) is 20.8. The van der Waals surface area contributed by atoms with Gasteiger partial charge in [0.15, 0.2) is 17.5 Å². The summed E-state index contributed by atoms with van der Waals surface area (Å²) < 4.78 is 0. The first kappa shape index (κ1) is 25.1. The molecule has 0 aliphatic rings. The first-order valence-electron chi connectivity index (χ1n) is 13.8. The molecule has 4 nitrogen and oxygen atoms in total. The fourth-order valence-corrected chi connectivity index (χ4v) is 5.35. The minimum absolute atomic E-state index is 0.613. The van der Waals surface area contributed by atoms with Crippen LogP contribution in [-0.4, -0.2) is 15.0 Å². The number of nitriles is 1. The van der Waals surface area contributed by atoms with E-state index in [2.05, 4.69) is 66.7 Å². The van der Waals surface area contributed by atoms with Crippen molar-refractivity contribution in [1.82, 2.24) is 15.0 Å². The molecule has 1 aromatic heterocycles. The van der Waals surface area contributed by atoms with Gasteiger partial charge in [-0.1, -0.05) is 133 Å². The van der Waals surface area contributed by atoms with Crippen LogP contribution in [-0.2, 0) is 0 Å². The molecule has 4 heteroatoms. The van der Waals surface area contributed by atoms with E-state index in [1.54, 1.807) is 0 Å². The largest absolute Gasteiger partial charge is 0.208 e. The first-order valence-corrected chi connectivity index (χ1v) is 13.8. The van der Waals surface area contributed by atoms with Gasteiger partial charge in [-0.2, -0.15) is 5.26 Å². The Hall–Kier alpha value is -5.92. The standard InChI is InChI=1S/C38H24N4/c39-25-31-16-8-9-17-32(31)27-19-21-28(22-20-27)35-33-18-10-7-11-26(33)23-24-34(35)38-41-36(29-12-3-1-4-13-29)40-37(42-38)30-14-5-2-6-15-30/h1-24H. The quantitative estimate of drug-likeness (QED) is 0.220. The zero-order chi connectivity index (χ0) is 28.3. The van der Waals surface area contributed by atoms with Gasteiger partial charge in [0, 0.05) is 22.3 Å². The molecule has 0 unspecified atom stereocenters. The van der Waals surface area contributed by atoms with Crippen molar-refractivity contribution in [2.45, 2.75) is 0 Å². The van der Waals surface area contributed by atoms with Crippen LogP contribution in [0.3, 0.4) is 0 Å². The van der Waals surface area contributed by atoms with Crippen molar-refractivity contribution in [3.05, 3.63) is 151 Å². The van der Waals surface area contributed by atoms with Crippen LogP contribution in [0.2, 0.25) is 0 Å². The summed E-state index contributed by atoms with van der Waals surface area (Å²) in [5.74, 6) is 1.87. The molecule has 0 saturated heterocycles. The molecule has 196 valence electrons. The van der Waals surface area contributed by atoms with E-state index < -0.39 is 0 Å². The van der Waals surface area contributed by atoms with Gasteiger partial charge < -0.3 is 0 Å². The number of hydrogen-bond donors (Lipinski definition) is 0. The van der Waals surface area contributed by atoms with E-state index in [0.717, 1.165) is 49.7 Å². The second-order valence-electron chi connectivity index (χ2n) is 9.98. The highest BCUT2D eigenvalue weighted by Crippen LogP contribution is 2.39. The van der Waals surface area contributed by atoms with Crippen LogP contribution in [0.15, 0.2) is 146 Å². The Morgan fingerprint density at radius 1 is 0.405 bits per heavy atom. The Bertz CT molecular complexity index is 2020. The SMILES string of the molecule is N#Cc1ccccc1-c1ccc(-c2c(-c3nc(-c4ccccc4)nc(-c4ccccc4)n3)ccc3ccccc23)cc1. The second-order valence-corrected chi connectivity index (χ2v) is 9.98. The van der Waals surface area contributed by atoms with Gasteiger partial charge in [-0.25, -0.2) is 15.0 Å². The molecule has 0 N–H and O–H groups in total. The summed E-state index contributed by atoms with van der Waals surface area (Å²) in [7, 11) is 0. The highest BCUT2D eigenvalue weighted by atomic mass is 15.0. The Balaban J connectivity index is 1.45. The molecular weight excluding hydrogens is 512 g/mol. The molecule has 42 heavy (non-hydrogen) atoms. The molecule has 7 rings (SSSR count). The Kier molecular flexibility index (Phi) is 6.52. The lowest BCUT2D eigenvalue weighted by Crippen LogP contribution is -2.01. The summed E-state index contributed by atoms with van der Waals surface area (Å²) in [6.45, 7) is 0. The molecule has 0 aliphatic carbocycles. The summed E-state index contributed by atoms with van der Waals surface area (Å²) in [5, 5.41) is 11.9. The van der Waals surface area contributed by atoms with E-state index in [-0.39, 0.29) is 0 Å². The third-order valence-electron chi connectivity index (χ3n) is 7.40. The maximum absolute atomic E-state index is 9.63. The zero-order valence-corrected chi connectivity index (χ0v) is 22.6. The predicted molar refractivity (Wildman–Crippen MR) is 169 cm³/mol. The average Bonchev–Trinajstić information content (AvgIpc) is 3.08. The number of benzene rings is 6. The lowest BCUT2D eigenvalue weighted by Gasteiger charge is -2.15. The van der Waals surface area contributed by atoms with Crippen LogP contribution in [0.4, 0.5) is 0 Å². The predicted octanol–water partition coefficient (Wildman–Crippen LogP) is 9.23. The molecule has 0 amide bonds. The van der Waals surface area contributed by atoms with Gasteiger partial charge >= 0.3 is 0 Å². The fourth-order valence-electron chi connectivity index (χ4n) is 5.35. The van der Waals surface area contributed by atoms with Gasteiger partial charge in [-0.05, 0) is 39.6 Å². The normalized spacial score (nSPS) is 10.8. The van der Waals surface area contributed by atoms with Gasteiger partial charge in [0.25, 0.3) is 0 Å². The Morgan fingerprint density at radius 3 is 1.62 bits per heavy atom. The lowest BCUT2D eigenvalue weighted by molar-refractivity contribution is 1.07. The molecule has 0 aliphatic heterocycles. The maximum Gasteiger partial charge on any atom is 0.164 e. The van der Waals surface area contributed by atoms with Gasteiger partial charge in [-0.15, -0.1) is 0 Å². The van der Waals surface area contributed by atoms with Crippen molar-refractivity contribution in [1.29, 1.82) is 5.26 Å². The monoisotopic (exact) mass is 536 g/mol. The fraction of sp³-hybridized carbons (Fsp3) is 0. The number of nitrogens with zero attached hydrogens (tertiary/aromatic N) is 4. The number of aromatic nitrogens is 3. The van der Waals surface area contributed by atoms with Crippen LogP contribution < -0.4 is 0 Å². The van der Waals surface area contributed by atoms with Gasteiger partial charge in [-0.3, -0.25) is 0 Å². The molecule has 0 saturated carbocycles. The zero-order valence-electron chi connectivity index (χ0n) is 22.6. The number of rotatable bonds is 5. The summed E-state index contributed by atoms with van der Waals surface area (Å²) in [6.07, 6.45) is 0. The highest BCUT2D eigenvalue weighted by Gasteiger charge is 2.18. The van der Waals surface area contributed by atoms with Crippen LogP contribution >= 0.6 is 0 Å². The molecule has 0 atom stereocenters. The van der Waals surface area contributed by atoms with Crippen LogP contribution in [0.1, 0.15) is 5.56 Å². The molecule has 7 aromatic rings. The van der Waals surface area contributed by atoms with Crippen LogP contribution in [0.25, 0.3) is 67.2 Å². The van der Waals surface area contributed by atoms with Crippen LogP contribution in [0.5, 0.6) is 0 Å². The molecule has 0 radical (unpaired) electrons. The van der Waals surface area contributed by atoms with E-state index in [9.17, 15) is 5.26 Å². The third-order valence-corrected chi connectivity index (χ3v) is 7.40. The molecule has 0 spiro atoms. The summed E-state index contributed by atoms with van der Waals surface area (Å²) in [5.41, 5.74) is 7.46. The van der Waals surface area contributed by atoms with Crippen molar-refractivity contribution in [3.63, 3.8) is 0 Å². The average molecular weight is 537 g/mol. The van der Waals surface area contributed by atoms with Crippen LogP contribution in [0, 0.1) is 11.3 Å². The van der Waals surface area contributed by atoms with E-state index in [4.69, 9.17) is 15.0 Å². The number of hydrogen-bond acceptors (Lipinski definition) is 4. The van der Waals surface area contributed by atoms with E-state index in [0.29, 0.717) is 23.0 Å². The van der Waals surface area contributed by atoms with E-state index in [1.165, 1.54) is 0 Å². The van der Waals surface area contributed by atoms with Gasteiger partial charge in [0.1, 0.15) is 0 Å². The topological polar surface area (TPSA) is 62.5 Å². The van der Waals surface area contributed by atoms with Gasteiger partial charge in [0.2, 0.25) is 0 Å². The van der Waals surface area contributed by atoms with E-state index in [1.807, 2.05) is 84.9 Å². The third kappa shape index (κ3) is 4.70. The molecular formula is C38H24N4. The Labute approximate surface area is 244 Å². The minimum atomic E-state index is 0.613. The van der Waals surface area contributed by atoms with Crippen molar-refractivity contribution in [2.24, 2.45) is 0 Å². The van der Waals surface area contributed by atoms with Crippen molar-refractivity contribution < 1.29 is 0 Å². The highest BCUT2D eigenvalue weighted by molar-refractivity contribution is 6.03. The lowest BCUT2D eigenvalue weighted by atomic mass is 9.91. The summed E-state index contributed by atoms with van der Waals surface area (Å²) in [4.78, 5) is 14.9. The second kappa shape index (κ2) is 10.9. The minimum Gasteiger partial charge on any atom is -0.208 e. The maximum atomic E-state index is 9.63. The summed E-state index contributed by atoms with van der Waals surface area (Å²) in [6, 6.07) is 51.0. The van der Waals surface area contributed by atoms with E-state index >= 15 is 0 Å². The van der Waals surface area contributed by atoms with Crippen molar-refractivity contribution in [3.8, 4) is 62.5 Å². The Morgan fingerprint density at radius 2 is 0.952 bits per heavy atom. The van der Waals surface area contributed by atoms with Crippen molar-refractivity contribution >= 4 is 10.8 Å². The van der Waals surface area contributed by atoms with Gasteiger partial charge in [0.05, 0.1) is 11.6 Å². The smallest absolute Gasteiger partial charge is 0.164 e. The van der Waals surface area contributed by atoms with Crippen molar-refractivity contribution in [2.75, 3.05) is 0 Å². The summed E-state index contributed by atoms with van der Waals surface area (Å²) >= 11 is 0. The molecule has 6 aromatic carbocycles. The molecule has 0 bridgehead atoms. The number of fused-ring (bicyclic) bond motifs is 1. The molecule has 0 fully saturated rings. The molecule has 1 heterocycles.